The molecule has 2 aromatic rings. The molecule has 1 nitrogen and oxygen atoms in total. The number of nitrogens with zero attached hydrogens (tertiary/aromatic N) is 1. The molecule has 0 bridgehead atoms. The minimum atomic E-state index is 1.05. The van der Waals surface area contributed by atoms with Crippen molar-refractivity contribution in [2.24, 2.45) is 0 Å². The van der Waals surface area contributed by atoms with Gasteiger partial charge in [0.2, 0.25) is 0 Å². The van der Waals surface area contributed by atoms with Gasteiger partial charge in [-0.1, -0.05) is 55.5 Å². The summed E-state index contributed by atoms with van der Waals surface area (Å²) in [6.45, 7) is 6.61. The standard InChI is InChI=1S/C17H21N/c1-3-14-18(4-2)17-13-9-8-12-16(17)15-10-6-5-7-11-15/h5-13H,3-4,14H2,1-2H3. The van der Waals surface area contributed by atoms with Crippen LogP contribution in [0.3, 0.4) is 0 Å². The van der Waals surface area contributed by atoms with E-state index in [1.807, 2.05) is 0 Å². The van der Waals surface area contributed by atoms with Crippen molar-refractivity contribution in [3.63, 3.8) is 0 Å². The molecule has 2 rings (SSSR count). The second-order valence-corrected chi connectivity index (χ2v) is 4.46. The van der Waals surface area contributed by atoms with E-state index in [9.17, 15) is 0 Å². The van der Waals surface area contributed by atoms with Crippen molar-refractivity contribution in [3.05, 3.63) is 54.6 Å². The van der Waals surface area contributed by atoms with Gasteiger partial charge in [-0.05, 0) is 25.0 Å². The summed E-state index contributed by atoms with van der Waals surface area (Å²) in [5, 5.41) is 0. The van der Waals surface area contributed by atoms with Crippen LogP contribution in [0, 0.1) is 0 Å². The average Bonchev–Trinajstić information content (AvgIpc) is 2.46. The predicted molar refractivity (Wildman–Crippen MR) is 80.1 cm³/mol. The van der Waals surface area contributed by atoms with Gasteiger partial charge in [0.1, 0.15) is 0 Å². The first-order valence-electron chi connectivity index (χ1n) is 6.76. The molecule has 0 aliphatic rings. The number of anilines is 1. The fourth-order valence-electron chi connectivity index (χ4n) is 2.33. The van der Waals surface area contributed by atoms with Crippen molar-refractivity contribution in [2.45, 2.75) is 20.3 Å². The van der Waals surface area contributed by atoms with Crippen LogP contribution in [-0.4, -0.2) is 13.1 Å². The van der Waals surface area contributed by atoms with Gasteiger partial charge in [-0.3, -0.25) is 0 Å². The summed E-state index contributed by atoms with van der Waals surface area (Å²) in [4.78, 5) is 2.45. The van der Waals surface area contributed by atoms with E-state index in [1.54, 1.807) is 0 Å². The second-order valence-electron chi connectivity index (χ2n) is 4.46. The topological polar surface area (TPSA) is 3.24 Å². The molecule has 18 heavy (non-hydrogen) atoms. The Morgan fingerprint density at radius 1 is 0.833 bits per heavy atom. The van der Waals surface area contributed by atoms with Gasteiger partial charge in [0.25, 0.3) is 0 Å². The average molecular weight is 239 g/mol. The Morgan fingerprint density at radius 2 is 1.50 bits per heavy atom. The Balaban J connectivity index is 2.42. The van der Waals surface area contributed by atoms with Crippen LogP contribution in [0.5, 0.6) is 0 Å². The Morgan fingerprint density at radius 3 is 2.17 bits per heavy atom. The quantitative estimate of drug-likeness (QED) is 0.737. The van der Waals surface area contributed by atoms with E-state index in [1.165, 1.54) is 23.2 Å². The Hall–Kier alpha value is -1.76. The maximum absolute atomic E-state index is 2.45. The Kier molecular flexibility index (Phi) is 4.40. The van der Waals surface area contributed by atoms with E-state index in [2.05, 4.69) is 73.3 Å². The van der Waals surface area contributed by atoms with Crippen molar-refractivity contribution in [1.82, 2.24) is 0 Å². The molecular weight excluding hydrogens is 218 g/mol. The second kappa shape index (κ2) is 6.25. The van der Waals surface area contributed by atoms with Gasteiger partial charge in [0.05, 0.1) is 0 Å². The van der Waals surface area contributed by atoms with Crippen molar-refractivity contribution in [3.8, 4) is 11.1 Å². The highest BCUT2D eigenvalue weighted by Crippen LogP contribution is 2.30. The smallest absolute Gasteiger partial charge is 0.0445 e. The number of para-hydroxylation sites is 1. The van der Waals surface area contributed by atoms with Crippen LogP contribution in [0.2, 0.25) is 0 Å². The van der Waals surface area contributed by atoms with Crippen LogP contribution in [-0.2, 0) is 0 Å². The molecule has 0 saturated carbocycles. The highest BCUT2D eigenvalue weighted by atomic mass is 15.1. The monoisotopic (exact) mass is 239 g/mol. The third-order valence-electron chi connectivity index (χ3n) is 3.20. The van der Waals surface area contributed by atoms with E-state index >= 15 is 0 Å². The lowest BCUT2D eigenvalue weighted by Gasteiger charge is -2.25. The first-order valence-corrected chi connectivity index (χ1v) is 6.76. The molecule has 0 aliphatic carbocycles. The molecule has 0 aromatic heterocycles. The molecule has 0 fully saturated rings. The Labute approximate surface area is 110 Å². The van der Waals surface area contributed by atoms with E-state index in [-0.39, 0.29) is 0 Å². The molecule has 0 radical (unpaired) electrons. The van der Waals surface area contributed by atoms with Gasteiger partial charge < -0.3 is 4.90 Å². The molecule has 0 amide bonds. The molecule has 0 heterocycles. The van der Waals surface area contributed by atoms with Gasteiger partial charge in [-0.15, -0.1) is 0 Å². The normalized spacial score (nSPS) is 10.3. The molecule has 0 spiro atoms. The zero-order valence-electron chi connectivity index (χ0n) is 11.3. The zero-order chi connectivity index (χ0) is 12.8. The van der Waals surface area contributed by atoms with Crippen molar-refractivity contribution < 1.29 is 0 Å². The number of hydrogen-bond acceptors (Lipinski definition) is 1. The summed E-state index contributed by atoms with van der Waals surface area (Å²) in [5.41, 5.74) is 3.96. The summed E-state index contributed by atoms with van der Waals surface area (Å²) in [7, 11) is 0. The molecular formula is C17H21N. The molecule has 0 saturated heterocycles. The van der Waals surface area contributed by atoms with Crippen LogP contribution in [0.25, 0.3) is 11.1 Å². The van der Waals surface area contributed by atoms with Gasteiger partial charge in [-0.2, -0.15) is 0 Å². The Bertz CT molecular complexity index is 476. The van der Waals surface area contributed by atoms with Crippen molar-refractivity contribution in [2.75, 3.05) is 18.0 Å². The van der Waals surface area contributed by atoms with E-state index < -0.39 is 0 Å². The number of benzene rings is 2. The predicted octanol–water partition coefficient (Wildman–Crippen LogP) is 4.59. The lowest BCUT2D eigenvalue weighted by Crippen LogP contribution is -2.23. The molecule has 2 aromatic carbocycles. The lowest BCUT2D eigenvalue weighted by molar-refractivity contribution is 0.792. The van der Waals surface area contributed by atoms with Crippen LogP contribution in [0.4, 0.5) is 5.69 Å². The van der Waals surface area contributed by atoms with E-state index in [0.717, 1.165) is 13.1 Å². The highest BCUT2D eigenvalue weighted by molar-refractivity contribution is 5.78. The van der Waals surface area contributed by atoms with Gasteiger partial charge in [0.15, 0.2) is 0 Å². The minimum Gasteiger partial charge on any atom is -0.371 e. The highest BCUT2D eigenvalue weighted by Gasteiger charge is 2.09. The van der Waals surface area contributed by atoms with Gasteiger partial charge >= 0.3 is 0 Å². The maximum Gasteiger partial charge on any atom is 0.0445 e. The van der Waals surface area contributed by atoms with E-state index in [0.29, 0.717) is 0 Å². The summed E-state index contributed by atoms with van der Waals surface area (Å²) in [6, 6.07) is 19.3. The minimum absolute atomic E-state index is 1.05. The maximum atomic E-state index is 2.45. The largest absolute Gasteiger partial charge is 0.371 e. The SMILES string of the molecule is CCCN(CC)c1ccccc1-c1ccccc1. The van der Waals surface area contributed by atoms with Crippen molar-refractivity contribution >= 4 is 5.69 Å². The lowest BCUT2D eigenvalue weighted by atomic mass is 10.0. The van der Waals surface area contributed by atoms with Crippen LogP contribution >= 0.6 is 0 Å². The third kappa shape index (κ3) is 2.73. The zero-order valence-corrected chi connectivity index (χ0v) is 11.3. The molecule has 0 N–H and O–H groups in total. The van der Waals surface area contributed by atoms with Gasteiger partial charge in [-0.25, -0.2) is 0 Å². The third-order valence-corrected chi connectivity index (χ3v) is 3.20. The molecule has 1 heteroatoms. The van der Waals surface area contributed by atoms with Crippen LogP contribution in [0.1, 0.15) is 20.3 Å². The number of hydrogen-bond donors (Lipinski definition) is 0. The summed E-state index contributed by atoms with van der Waals surface area (Å²) in [6.07, 6.45) is 1.18. The first kappa shape index (κ1) is 12.7. The molecule has 0 atom stereocenters. The van der Waals surface area contributed by atoms with Crippen LogP contribution < -0.4 is 4.90 Å². The summed E-state index contributed by atoms with van der Waals surface area (Å²) < 4.78 is 0. The fraction of sp³-hybridized carbons (Fsp3) is 0.294. The van der Waals surface area contributed by atoms with Crippen LogP contribution in [0.15, 0.2) is 54.6 Å². The fourth-order valence-corrected chi connectivity index (χ4v) is 2.33. The summed E-state index contributed by atoms with van der Waals surface area (Å²) in [5.74, 6) is 0. The number of rotatable bonds is 5. The molecule has 0 aliphatic heterocycles. The summed E-state index contributed by atoms with van der Waals surface area (Å²) >= 11 is 0. The van der Waals surface area contributed by atoms with Crippen molar-refractivity contribution in [1.29, 1.82) is 0 Å². The first-order chi connectivity index (χ1) is 8.86. The van der Waals surface area contributed by atoms with Gasteiger partial charge in [0, 0.05) is 24.3 Å². The molecule has 0 unspecified atom stereocenters. The molecule has 94 valence electrons. The van der Waals surface area contributed by atoms with E-state index in [4.69, 9.17) is 0 Å².